The summed E-state index contributed by atoms with van der Waals surface area (Å²) in [5.74, 6) is 0.154. The normalized spacial score (nSPS) is 17.5. The van der Waals surface area contributed by atoms with Crippen LogP contribution >= 0.6 is 0 Å². The molecule has 0 radical (unpaired) electrons. The molecule has 1 aromatic rings. The quantitative estimate of drug-likeness (QED) is 0.717. The second kappa shape index (κ2) is 6.08. The average molecular weight is 303 g/mol. The zero-order valence-electron chi connectivity index (χ0n) is 11.8. The zero-order valence-corrected chi connectivity index (χ0v) is 12.6. The summed E-state index contributed by atoms with van der Waals surface area (Å²) in [7, 11) is -2.00. The highest BCUT2D eigenvalue weighted by molar-refractivity contribution is 7.89. The first kappa shape index (κ1) is 15.2. The number of morpholine rings is 1. The van der Waals surface area contributed by atoms with Crippen LogP contribution in [0.15, 0.2) is 4.90 Å². The highest BCUT2D eigenvalue weighted by atomic mass is 32.2. The number of nitrogens with zero attached hydrogens (tertiary/aromatic N) is 3. The smallest absolute Gasteiger partial charge is 0.246 e. The second-order valence-electron chi connectivity index (χ2n) is 4.78. The number of hydrogen-bond donors (Lipinski definition) is 2. The van der Waals surface area contributed by atoms with Gasteiger partial charge in [0.2, 0.25) is 10.0 Å². The van der Waals surface area contributed by atoms with Gasteiger partial charge in [-0.15, -0.1) is 0 Å². The maximum absolute atomic E-state index is 12.2. The van der Waals surface area contributed by atoms with E-state index in [0.29, 0.717) is 32.0 Å². The Morgan fingerprint density at radius 3 is 2.60 bits per heavy atom. The molecule has 1 aliphatic heterocycles. The summed E-state index contributed by atoms with van der Waals surface area (Å²) in [5, 5.41) is 4.02. The molecule has 0 saturated carbocycles. The van der Waals surface area contributed by atoms with Crippen LogP contribution in [0.4, 0.5) is 5.82 Å². The number of aryl methyl sites for hydroxylation is 2. The van der Waals surface area contributed by atoms with Gasteiger partial charge in [-0.25, -0.2) is 13.1 Å². The van der Waals surface area contributed by atoms with Crippen molar-refractivity contribution >= 4 is 15.8 Å². The van der Waals surface area contributed by atoms with Gasteiger partial charge in [-0.1, -0.05) is 0 Å². The van der Waals surface area contributed by atoms with Gasteiger partial charge in [0.15, 0.2) is 0 Å². The Morgan fingerprint density at radius 1 is 1.40 bits per heavy atom. The lowest BCUT2D eigenvalue weighted by Gasteiger charge is -2.26. The van der Waals surface area contributed by atoms with Gasteiger partial charge in [0.1, 0.15) is 10.7 Å². The van der Waals surface area contributed by atoms with Crippen molar-refractivity contribution in [1.29, 1.82) is 0 Å². The molecule has 0 spiro atoms. The molecule has 0 atom stereocenters. The zero-order chi connectivity index (χ0) is 14.8. The van der Waals surface area contributed by atoms with Crippen LogP contribution in [0.5, 0.6) is 0 Å². The molecule has 20 heavy (non-hydrogen) atoms. The first-order valence-electron chi connectivity index (χ1n) is 6.50. The van der Waals surface area contributed by atoms with Gasteiger partial charge in [0.05, 0.1) is 18.9 Å². The van der Waals surface area contributed by atoms with Crippen LogP contribution in [0.2, 0.25) is 0 Å². The summed E-state index contributed by atoms with van der Waals surface area (Å²) in [4.78, 5) is 2.23. The number of aromatic nitrogens is 2. The SMILES string of the molecule is Cc1nn(C)c(N)c1S(=O)(=O)NCCN1CCOCC1. The molecule has 2 heterocycles. The Balaban J connectivity index is 1.97. The minimum Gasteiger partial charge on any atom is -0.383 e. The van der Waals surface area contributed by atoms with Crippen molar-refractivity contribution in [3.05, 3.63) is 5.69 Å². The molecular formula is C11H21N5O3S. The van der Waals surface area contributed by atoms with E-state index in [9.17, 15) is 8.42 Å². The third kappa shape index (κ3) is 3.29. The maximum Gasteiger partial charge on any atom is 0.246 e. The van der Waals surface area contributed by atoms with Crippen molar-refractivity contribution in [2.24, 2.45) is 7.05 Å². The number of rotatable bonds is 5. The molecule has 0 aromatic carbocycles. The average Bonchev–Trinajstić information content (AvgIpc) is 2.64. The largest absolute Gasteiger partial charge is 0.383 e. The molecule has 0 amide bonds. The van der Waals surface area contributed by atoms with Crippen LogP contribution in [-0.4, -0.2) is 62.5 Å². The molecule has 2 rings (SSSR count). The van der Waals surface area contributed by atoms with Gasteiger partial charge in [-0.3, -0.25) is 9.58 Å². The van der Waals surface area contributed by atoms with E-state index >= 15 is 0 Å². The Kier molecular flexibility index (Phi) is 4.63. The summed E-state index contributed by atoms with van der Waals surface area (Å²) < 4.78 is 33.7. The summed E-state index contributed by atoms with van der Waals surface area (Å²) in [5.41, 5.74) is 6.16. The number of nitrogens with one attached hydrogen (secondary N) is 1. The van der Waals surface area contributed by atoms with Crippen LogP contribution in [0.1, 0.15) is 5.69 Å². The number of hydrogen-bond acceptors (Lipinski definition) is 6. The van der Waals surface area contributed by atoms with E-state index in [0.717, 1.165) is 13.1 Å². The van der Waals surface area contributed by atoms with Gasteiger partial charge in [-0.2, -0.15) is 5.10 Å². The maximum atomic E-state index is 12.2. The van der Waals surface area contributed by atoms with Crippen molar-refractivity contribution in [1.82, 2.24) is 19.4 Å². The van der Waals surface area contributed by atoms with Gasteiger partial charge in [0, 0.05) is 33.2 Å². The lowest BCUT2D eigenvalue weighted by atomic mass is 10.4. The van der Waals surface area contributed by atoms with Gasteiger partial charge >= 0.3 is 0 Å². The molecular weight excluding hydrogens is 282 g/mol. The van der Waals surface area contributed by atoms with Crippen molar-refractivity contribution in [3.63, 3.8) is 0 Å². The van der Waals surface area contributed by atoms with Crippen molar-refractivity contribution < 1.29 is 13.2 Å². The highest BCUT2D eigenvalue weighted by Gasteiger charge is 2.24. The minimum absolute atomic E-state index is 0.0713. The molecule has 114 valence electrons. The fourth-order valence-corrected chi connectivity index (χ4v) is 3.57. The Morgan fingerprint density at radius 2 is 2.05 bits per heavy atom. The van der Waals surface area contributed by atoms with Gasteiger partial charge in [0.25, 0.3) is 0 Å². The molecule has 1 saturated heterocycles. The van der Waals surface area contributed by atoms with Gasteiger partial charge < -0.3 is 10.5 Å². The van der Waals surface area contributed by atoms with E-state index in [2.05, 4.69) is 14.7 Å². The predicted molar refractivity (Wildman–Crippen MR) is 74.8 cm³/mol. The Labute approximate surface area is 118 Å². The lowest BCUT2D eigenvalue weighted by Crippen LogP contribution is -2.41. The fraction of sp³-hybridized carbons (Fsp3) is 0.727. The van der Waals surface area contributed by atoms with E-state index in [4.69, 9.17) is 10.5 Å². The molecule has 0 aliphatic carbocycles. The number of sulfonamides is 1. The summed E-state index contributed by atoms with van der Waals surface area (Å²) in [6.07, 6.45) is 0. The predicted octanol–water partition coefficient (Wildman–Crippen LogP) is -1.08. The molecule has 3 N–H and O–H groups in total. The molecule has 8 nitrogen and oxygen atoms in total. The molecule has 1 aliphatic rings. The monoisotopic (exact) mass is 303 g/mol. The number of ether oxygens (including phenoxy) is 1. The van der Waals surface area contributed by atoms with Crippen LogP contribution < -0.4 is 10.5 Å². The lowest BCUT2D eigenvalue weighted by molar-refractivity contribution is 0.0390. The first-order chi connectivity index (χ1) is 9.42. The highest BCUT2D eigenvalue weighted by Crippen LogP contribution is 2.20. The van der Waals surface area contributed by atoms with Crippen LogP contribution in [0.25, 0.3) is 0 Å². The summed E-state index contributed by atoms with van der Waals surface area (Å²) in [6.45, 7) is 5.68. The summed E-state index contributed by atoms with van der Waals surface area (Å²) in [6, 6.07) is 0. The van der Waals surface area contributed by atoms with E-state index in [1.165, 1.54) is 4.68 Å². The Bertz CT molecular complexity index is 563. The van der Waals surface area contributed by atoms with E-state index < -0.39 is 10.0 Å². The van der Waals surface area contributed by atoms with E-state index in [-0.39, 0.29) is 10.7 Å². The van der Waals surface area contributed by atoms with Crippen LogP contribution in [0.3, 0.4) is 0 Å². The number of anilines is 1. The van der Waals surface area contributed by atoms with Crippen LogP contribution in [-0.2, 0) is 21.8 Å². The van der Waals surface area contributed by atoms with Gasteiger partial charge in [-0.05, 0) is 6.92 Å². The molecule has 1 aromatic heterocycles. The van der Waals surface area contributed by atoms with Crippen molar-refractivity contribution in [2.45, 2.75) is 11.8 Å². The number of nitrogens with two attached hydrogens (primary N) is 1. The molecule has 0 bridgehead atoms. The third-order valence-electron chi connectivity index (χ3n) is 3.30. The minimum atomic E-state index is -3.62. The molecule has 0 unspecified atom stereocenters. The van der Waals surface area contributed by atoms with Crippen LogP contribution in [0, 0.1) is 6.92 Å². The Hall–Kier alpha value is -1.16. The molecule has 9 heteroatoms. The van der Waals surface area contributed by atoms with E-state index in [1.54, 1.807) is 14.0 Å². The fourth-order valence-electron chi connectivity index (χ4n) is 2.22. The number of nitrogen functional groups attached to an aromatic ring is 1. The first-order valence-corrected chi connectivity index (χ1v) is 7.99. The molecule has 1 fully saturated rings. The standard InChI is InChI=1S/C11H21N5O3S/c1-9-10(11(12)15(2)14-9)20(17,18)13-3-4-16-5-7-19-8-6-16/h13H,3-8,12H2,1-2H3. The topological polar surface area (TPSA) is 102 Å². The summed E-state index contributed by atoms with van der Waals surface area (Å²) >= 11 is 0. The van der Waals surface area contributed by atoms with Crippen molar-refractivity contribution in [2.75, 3.05) is 45.1 Å². The van der Waals surface area contributed by atoms with Crippen molar-refractivity contribution in [3.8, 4) is 0 Å². The second-order valence-corrected chi connectivity index (χ2v) is 6.48. The third-order valence-corrected chi connectivity index (χ3v) is 4.93. The van der Waals surface area contributed by atoms with E-state index in [1.807, 2.05) is 0 Å².